The van der Waals surface area contributed by atoms with Crippen LogP contribution >= 0.6 is 0 Å². The molecule has 0 spiro atoms. The number of rotatable bonds is 7. The molecule has 0 saturated carbocycles. The predicted octanol–water partition coefficient (Wildman–Crippen LogP) is 4.84. The predicted molar refractivity (Wildman–Crippen MR) is 152 cm³/mol. The maximum absolute atomic E-state index is 2.26. The zero-order valence-corrected chi connectivity index (χ0v) is 20.6. The van der Waals surface area contributed by atoms with Crippen LogP contribution in [0, 0.1) is 0 Å². The maximum Gasteiger partial charge on any atom is 0.168 e. The Morgan fingerprint density at radius 3 is 1.09 bits per heavy atom. The highest BCUT2D eigenvalue weighted by molar-refractivity contribution is 7.19. The average Bonchev–Trinajstić information content (AvgIpc) is 2.96. The molecule has 0 radical (unpaired) electrons. The van der Waals surface area contributed by atoms with Crippen molar-refractivity contribution in [2.75, 3.05) is 0 Å². The molecule has 0 fully saturated rings. The number of aromatic nitrogens is 1. The Bertz CT molecular complexity index is 1080. The van der Waals surface area contributed by atoms with E-state index < -0.39 is 6.15 Å². The molecule has 0 atom stereocenters. The quantitative estimate of drug-likeness (QED) is 0.244. The molecule has 5 aromatic rings. The van der Waals surface area contributed by atoms with Crippen molar-refractivity contribution in [2.24, 2.45) is 0 Å². The second-order valence-corrected chi connectivity index (χ2v) is 8.98. The third kappa shape index (κ3) is 5.78. The van der Waals surface area contributed by atoms with Gasteiger partial charge in [0.25, 0.3) is 0 Å². The number of aryl methyl sites for hydroxylation is 1. The van der Waals surface area contributed by atoms with Crippen molar-refractivity contribution in [1.82, 2.24) is 0 Å². The van der Waals surface area contributed by atoms with Crippen LogP contribution in [0.3, 0.4) is 0 Å². The van der Waals surface area contributed by atoms with Gasteiger partial charge in [-0.3, -0.25) is 0 Å². The summed E-state index contributed by atoms with van der Waals surface area (Å²) in [5.41, 5.74) is 5.36. The highest BCUT2D eigenvalue weighted by atomic mass is 14.9. The normalized spacial score (nSPS) is 10.8. The van der Waals surface area contributed by atoms with E-state index in [1.165, 1.54) is 34.7 Å². The van der Waals surface area contributed by atoms with Crippen LogP contribution in [0.5, 0.6) is 0 Å². The summed E-state index contributed by atoms with van der Waals surface area (Å²) < 4.78 is 2.21. The summed E-state index contributed by atoms with van der Waals surface area (Å²) in [6.45, 7) is 3.36. The van der Waals surface area contributed by atoms with Gasteiger partial charge in [-0.1, -0.05) is 141 Å². The molecule has 0 aliphatic carbocycles. The van der Waals surface area contributed by atoms with Gasteiger partial charge in [-0.25, -0.2) is 4.57 Å². The molecule has 4 aromatic carbocycles. The molecule has 0 N–H and O–H groups in total. The molecule has 35 heavy (non-hydrogen) atoms. The minimum Gasteiger partial charge on any atom is -0.205 e. The topological polar surface area (TPSA) is 3.88 Å². The van der Waals surface area contributed by atoms with Crippen molar-refractivity contribution in [3.63, 3.8) is 0 Å². The van der Waals surface area contributed by atoms with Crippen molar-refractivity contribution < 1.29 is 4.57 Å². The van der Waals surface area contributed by atoms with E-state index >= 15 is 0 Å². The summed E-state index contributed by atoms with van der Waals surface area (Å²) in [7, 11) is 0. The molecule has 1 aromatic heterocycles. The molecule has 5 rings (SSSR count). The molecule has 0 saturated heterocycles. The van der Waals surface area contributed by atoms with Crippen LogP contribution in [0.4, 0.5) is 0 Å². The molecular weight excluding hydrogens is 421 g/mol. The lowest BCUT2D eigenvalue weighted by Gasteiger charge is -2.44. The van der Waals surface area contributed by atoms with Crippen LogP contribution in [0.2, 0.25) is 0 Å². The first-order chi connectivity index (χ1) is 17.4. The van der Waals surface area contributed by atoms with E-state index in [0.717, 1.165) is 6.54 Å². The summed E-state index contributed by atoms with van der Waals surface area (Å²) in [5, 5.41) is 0. The summed E-state index contributed by atoms with van der Waals surface area (Å²) in [6, 6.07) is 49.7. The Morgan fingerprint density at radius 2 is 0.771 bits per heavy atom. The van der Waals surface area contributed by atoms with Crippen LogP contribution in [0.1, 0.15) is 19.8 Å². The van der Waals surface area contributed by atoms with Crippen LogP contribution in [-0.4, -0.2) is 6.15 Å². The maximum atomic E-state index is 2.26. The Labute approximate surface area is 210 Å². The van der Waals surface area contributed by atoms with Gasteiger partial charge in [-0.05, 0) is 0 Å². The Hall–Kier alpha value is -3.91. The molecule has 2 heteroatoms. The van der Waals surface area contributed by atoms with E-state index in [2.05, 4.69) is 157 Å². The van der Waals surface area contributed by atoms with Gasteiger partial charge in [0.1, 0.15) is 12.7 Å². The van der Waals surface area contributed by atoms with Crippen molar-refractivity contribution in [2.45, 2.75) is 26.3 Å². The van der Waals surface area contributed by atoms with Crippen molar-refractivity contribution in [3.05, 3.63) is 152 Å². The molecular formula is C33H34BN. The summed E-state index contributed by atoms with van der Waals surface area (Å²) in [5.74, 6) is 0. The average molecular weight is 455 g/mol. The lowest BCUT2D eigenvalue weighted by molar-refractivity contribution is -0.697. The number of nitrogens with zero attached hydrogens (tertiary/aromatic N) is 1. The van der Waals surface area contributed by atoms with Crippen LogP contribution < -0.4 is 26.4 Å². The number of hydrogen-bond acceptors (Lipinski definition) is 0. The Morgan fingerprint density at radius 1 is 0.457 bits per heavy atom. The van der Waals surface area contributed by atoms with E-state index in [-0.39, 0.29) is 0 Å². The van der Waals surface area contributed by atoms with Gasteiger partial charge in [-0.2, -0.15) is 21.9 Å². The van der Waals surface area contributed by atoms with Crippen molar-refractivity contribution in [1.29, 1.82) is 0 Å². The number of pyridine rings is 1. The van der Waals surface area contributed by atoms with E-state index in [0.29, 0.717) is 0 Å². The van der Waals surface area contributed by atoms with E-state index in [4.69, 9.17) is 0 Å². The number of unbranched alkanes of at least 4 members (excludes halogenated alkanes) is 1. The molecule has 0 amide bonds. The van der Waals surface area contributed by atoms with Gasteiger partial charge in [-0.15, -0.1) is 0 Å². The molecule has 0 aliphatic rings. The zero-order chi connectivity index (χ0) is 24.2. The van der Waals surface area contributed by atoms with E-state index in [1.807, 2.05) is 6.07 Å². The molecule has 0 unspecified atom stereocenters. The zero-order valence-electron chi connectivity index (χ0n) is 20.6. The monoisotopic (exact) mass is 455 g/mol. The van der Waals surface area contributed by atoms with Gasteiger partial charge >= 0.3 is 0 Å². The molecule has 0 bridgehead atoms. The minimum absolute atomic E-state index is 1.15. The first-order valence-corrected chi connectivity index (χ1v) is 12.7. The lowest BCUT2D eigenvalue weighted by atomic mass is 9.13. The summed E-state index contributed by atoms with van der Waals surface area (Å²) in [4.78, 5) is 0. The van der Waals surface area contributed by atoms with Gasteiger partial charge in [0.15, 0.2) is 12.4 Å². The highest BCUT2D eigenvalue weighted by Crippen LogP contribution is 2.09. The fourth-order valence-electron chi connectivity index (χ4n) is 5.05. The summed E-state index contributed by atoms with van der Waals surface area (Å²) >= 11 is 0. The smallest absolute Gasteiger partial charge is 0.168 e. The second kappa shape index (κ2) is 12.5. The number of benzene rings is 4. The lowest BCUT2D eigenvalue weighted by Crippen LogP contribution is -2.74. The Balaban J connectivity index is 0.000000243. The standard InChI is InChI=1S/C24H20B.C9H14N/c1-5-13-21(14-6-1)25(22-15-7-2-8-16-22,23-17-9-3-10-18-23)24-19-11-4-12-20-24;1-2-3-7-10-8-5-4-6-9-10/h1-20H;4-6,8-9H,2-3,7H2,1H3/q-1;+1. The number of hydrogen-bond donors (Lipinski definition) is 0. The SMILES string of the molecule is CCCC[n+]1ccccc1.c1ccc([B-](c2ccccc2)(c2ccccc2)c2ccccc2)cc1. The van der Waals surface area contributed by atoms with Crippen LogP contribution in [-0.2, 0) is 6.54 Å². The fourth-order valence-corrected chi connectivity index (χ4v) is 5.05. The second-order valence-electron chi connectivity index (χ2n) is 8.98. The first kappa shape index (κ1) is 24.2. The third-order valence-electron chi connectivity index (χ3n) is 6.75. The van der Waals surface area contributed by atoms with Crippen LogP contribution in [0.15, 0.2) is 152 Å². The molecule has 0 aliphatic heterocycles. The van der Waals surface area contributed by atoms with E-state index in [1.54, 1.807) is 0 Å². The van der Waals surface area contributed by atoms with Crippen LogP contribution in [0.25, 0.3) is 0 Å². The third-order valence-corrected chi connectivity index (χ3v) is 6.75. The largest absolute Gasteiger partial charge is 0.205 e. The summed E-state index contributed by atoms with van der Waals surface area (Å²) in [6.07, 6.45) is 5.54. The van der Waals surface area contributed by atoms with Gasteiger partial charge < -0.3 is 0 Å². The highest BCUT2D eigenvalue weighted by Gasteiger charge is 2.30. The van der Waals surface area contributed by atoms with Gasteiger partial charge in [0, 0.05) is 18.6 Å². The first-order valence-electron chi connectivity index (χ1n) is 12.7. The molecule has 174 valence electrons. The molecule has 1 heterocycles. The van der Waals surface area contributed by atoms with Gasteiger partial charge in [0.2, 0.25) is 0 Å². The van der Waals surface area contributed by atoms with E-state index in [9.17, 15) is 0 Å². The van der Waals surface area contributed by atoms with Gasteiger partial charge in [0.05, 0.1) is 0 Å². The molecule has 1 nitrogen and oxygen atoms in total. The van der Waals surface area contributed by atoms with Crippen molar-refractivity contribution >= 4 is 28.0 Å². The van der Waals surface area contributed by atoms with Crippen molar-refractivity contribution in [3.8, 4) is 0 Å². The minimum atomic E-state index is -1.22. The fraction of sp³-hybridized carbons (Fsp3) is 0.121. The Kier molecular flexibility index (Phi) is 8.67.